The molecule has 0 bridgehead atoms. The van der Waals surface area contributed by atoms with Crippen molar-refractivity contribution in [3.05, 3.63) is 35.9 Å². The third-order valence-corrected chi connectivity index (χ3v) is 4.14. The molecule has 0 saturated carbocycles. The van der Waals surface area contributed by atoms with Crippen LogP contribution in [-0.2, 0) is 10.2 Å². The van der Waals surface area contributed by atoms with Gasteiger partial charge in [0.15, 0.2) is 0 Å². The number of benzene rings is 1. The number of hydrogen-bond donors (Lipinski definition) is 2. The van der Waals surface area contributed by atoms with E-state index < -0.39 is 0 Å². The molecule has 2 unspecified atom stereocenters. The second-order valence-electron chi connectivity index (χ2n) is 6.51. The molecule has 0 radical (unpaired) electrons. The predicted molar refractivity (Wildman–Crippen MR) is 82.7 cm³/mol. The molecule has 1 fully saturated rings. The molecule has 0 aliphatic carbocycles. The molecule has 1 heterocycles. The van der Waals surface area contributed by atoms with Crippen molar-refractivity contribution < 1.29 is 4.79 Å². The molecule has 1 aromatic carbocycles. The van der Waals surface area contributed by atoms with Gasteiger partial charge in [0.05, 0.1) is 6.04 Å². The van der Waals surface area contributed by atoms with Crippen molar-refractivity contribution in [1.29, 1.82) is 0 Å². The standard InChI is InChI=1S/C17H26N2O/c1-13(19-15-10-7-11-18-16(15)20)12-17(2,3)14-8-5-4-6-9-14/h4-6,8-9,13,15,19H,7,10-12H2,1-3H3,(H,18,20). The predicted octanol–water partition coefficient (Wildman–Crippen LogP) is 2.61. The van der Waals surface area contributed by atoms with E-state index in [1.807, 2.05) is 6.07 Å². The number of nitrogens with one attached hydrogen (secondary N) is 2. The number of carbonyl (C=O) groups excluding carboxylic acids is 1. The van der Waals surface area contributed by atoms with E-state index in [0.717, 1.165) is 25.8 Å². The smallest absolute Gasteiger partial charge is 0.237 e. The Balaban J connectivity index is 1.93. The Labute approximate surface area is 122 Å². The molecule has 3 nitrogen and oxygen atoms in total. The van der Waals surface area contributed by atoms with Gasteiger partial charge < -0.3 is 10.6 Å². The summed E-state index contributed by atoms with van der Waals surface area (Å²) < 4.78 is 0. The highest BCUT2D eigenvalue weighted by molar-refractivity contribution is 5.82. The minimum atomic E-state index is -0.0228. The first kappa shape index (κ1) is 15.0. The first-order valence-electron chi connectivity index (χ1n) is 7.58. The van der Waals surface area contributed by atoms with Crippen molar-refractivity contribution in [3.63, 3.8) is 0 Å². The fourth-order valence-electron chi connectivity index (χ4n) is 3.11. The monoisotopic (exact) mass is 274 g/mol. The van der Waals surface area contributed by atoms with Crippen molar-refractivity contribution in [2.75, 3.05) is 6.54 Å². The quantitative estimate of drug-likeness (QED) is 0.866. The fraction of sp³-hybridized carbons (Fsp3) is 0.588. The molecule has 1 aromatic rings. The molecule has 1 aliphatic heterocycles. The largest absolute Gasteiger partial charge is 0.355 e. The number of amides is 1. The lowest BCUT2D eigenvalue weighted by molar-refractivity contribution is -0.124. The van der Waals surface area contributed by atoms with Gasteiger partial charge in [0, 0.05) is 12.6 Å². The van der Waals surface area contributed by atoms with Gasteiger partial charge in [-0.2, -0.15) is 0 Å². The molecule has 1 amide bonds. The summed E-state index contributed by atoms with van der Waals surface area (Å²) in [6.07, 6.45) is 3.03. The Kier molecular flexibility index (Phi) is 4.81. The molecule has 2 rings (SSSR count). The summed E-state index contributed by atoms with van der Waals surface area (Å²) in [7, 11) is 0. The van der Waals surface area contributed by atoms with Gasteiger partial charge >= 0.3 is 0 Å². The van der Waals surface area contributed by atoms with Crippen LogP contribution in [0.2, 0.25) is 0 Å². The first-order valence-corrected chi connectivity index (χ1v) is 7.58. The molecule has 20 heavy (non-hydrogen) atoms. The van der Waals surface area contributed by atoms with E-state index in [0.29, 0.717) is 6.04 Å². The number of carbonyl (C=O) groups is 1. The Morgan fingerprint density at radius 1 is 1.35 bits per heavy atom. The van der Waals surface area contributed by atoms with Gasteiger partial charge in [0.1, 0.15) is 0 Å². The number of piperidine rings is 1. The van der Waals surface area contributed by atoms with Crippen molar-refractivity contribution in [2.24, 2.45) is 0 Å². The van der Waals surface area contributed by atoms with E-state index in [2.05, 4.69) is 55.7 Å². The topological polar surface area (TPSA) is 41.1 Å². The summed E-state index contributed by atoms with van der Waals surface area (Å²) in [6.45, 7) is 7.52. The summed E-state index contributed by atoms with van der Waals surface area (Å²) in [4.78, 5) is 11.8. The van der Waals surface area contributed by atoms with Crippen LogP contribution in [0.5, 0.6) is 0 Å². The lowest BCUT2D eigenvalue weighted by Gasteiger charge is -2.32. The maximum absolute atomic E-state index is 11.8. The third-order valence-electron chi connectivity index (χ3n) is 4.14. The van der Waals surface area contributed by atoms with Crippen molar-refractivity contribution in [1.82, 2.24) is 10.6 Å². The molecule has 1 saturated heterocycles. The Hall–Kier alpha value is -1.35. The molecular weight excluding hydrogens is 248 g/mol. The number of hydrogen-bond acceptors (Lipinski definition) is 2. The van der Waals surface area contributed by atoms with Crippen LogP contribution < -0.4 is 10.6 Å². The van der Waals surface area contributed by atoms with Gasteiger partial charge in [0.25, 0.3) is 0 Å². The van der Waals surface area contributed by atoms with Crippen LogP contribution in [0.4, 0.5) is 0 Å². The van der Waals surface area contributed by atoms with E-state index in [1.165, 1.54) is 5.56 Å². The van der Waals surface area contributed by atoms with Crippen molar-refractivity contribution >= 4 is 5.91 Å². The van der Waals surface area contributed by atoms with Crippen LogP contribution in [0.15, 0.2) is 30.3 Å². The fourth-order valence-corrected chi connectivity index (χ4v) is 3.11. The molecule has 0 spiro atoms. The molecule has 0 aromatic heterocycles. The minimum absolute atomic E-state index is 0.0228. The van der Waals surface area contributed by atoms with Crippen LogP contribution in [0, 0.1) is 0 Å². The van der Waals surface area contributed by atoms with E-state index in [9.17, 15) is 4.79 Å². The van der Waals surface area contributed by atoms with Crippen LogP contribution in [0.3, 0.4) is 0 Å². The normalized spacial score (nSPS) is 21.4. The van der Waals surface area contributed by atoms with Gasteiger partial charge in [-0.1, -0.05) is 44.2 Å². The average molecular weight is 274 g/mol. The molecule has 110 valence electrons. The van der Waals surface area contributed by atoms with Gasteiger partial charge in [-0.25, -0.2) is 0 Å². The van der Waals surface area contributed by atoms with Gasteiger partial charge in [-0.05, 0) is 37.2 Å². The van der Waals surface area contributed by atoms with Crippen LogP contribution >= 0.6 is 0 Å². The Bertz CT molecular complexity index is 442. The highest BCUT2D eigenvalue weighted by Crippen LogP contribution is 2.28. The lowest BCUT2D eigenvalue weighted by Crippen LogP contribution is -2.51. The first-order chi connectivity index (χ1) is 9.49. The Morgan fingerprint density at radius 2 is 2.05 bits per heavy atom. The van der Waals surface area contributed by atoms with Crippen molar-refractivity contribution in [2.45, 2.75) is 57.5 Å². The highest BCUT2D eigenvalue weighted by Gasteiger charge is 2.27. The van der Waals surface area contributed by atoms with Crippen molar-refractivity contribution in [3.8, 4) is 0 Å². The summed E-state index contributed by atoms with van der Waals surface area (Å²) in [5.41, 5.74) is 1.46. The lowest BCUT2D eigenvalue weighted by atomic mass is 9.79. The van der Waals surface area contributed by atoms with Crippen LogP contribution in [-0.4, -0.2) is 24.5 Å². The third kappa shape index (κ3) is 3.83. The second kappa shape index (κ2) is 6.40. The van der Waals surface area contributed by atoms with E-state index >= 15 is 0 Å². The maximum Gasteiger partial charge on any atom is 0.237 e. The zero-order valence-electron chi connectivity index (χ0n) is 12.8. The van der Waals surface area contributed by atoms with Gasteiger partial charge in [0.2, 0.25) is 5.91 Å². The average Bonchev–Trinajstić information content (AvgIpc) is 2.42. The summed E-state index contributed by atoms with van der Waals surface area (Å²) in [5, 5.41) is 6.41. The molecule has 2 N–H and O–H groups in total. The SMILES string of the molecule is CC(CC(C)(C)c1ccccc1)NC1CCCNC1=O. The second-order valence-corrected chi connectivity index (χ2v) is 6.51. The Morgan fingerprint density at radius 3 is 2.70 bits per heavy atom. The van der Waals surface area contributed by atoms with E-state index in [4.69, 9.17) is 0 Å². The van der Waals surface area contributed by atoms with Crippen LogP contribution in [0.1, 0.15) is 45.6 Å². The minimum Gasteiger partial charge on any atom is -0.355 e. The molecule has 1 aliphatic rings. The molecule has 2 atom stereocenters. The zero-order valence-corrected chi connectivity index (χ0v) is 12.8. The summed E-state index contributed by atoms with van der Waals surface area (Å²) >= 11 is 0. The molecular formula is C17H26N2O. The highest BCUT2D eigenvalue weighted by atomic mass is 16.2. The van der Waals surface area contributed by atoms with E-state index in [-0.39, 0.29) is 17.4 Å². The van der Waals surface area contributed by atoms with Gasteiger partial charge in [-0.15, -0.1) is 0 Å². The summed E-state index contributed by atoms with van der Waals surface area (Å²) in [5.74, 6) is 0.153. The van der Waals surface area contributed by atoms with Gasteiger partial charge in [-0.3, -0.25) is 4.79 Å². The zero-order chi connectivity index (χ0) is 14.6. The number of rotatable bonds is 5. The molecule has 3 heteroatoms. The summed E-state index contributed by atoms with van der Waals surface area (Å²) in [6, 6.07) is 10.9. The maximum atomic E-state index is 11.8. The van der Waals surface area contributed by atoms with Crippen LogP contribution in [0.25, 0.3) is 0 Å². The van der Waals surface area contributed by atoms with E-state index in [1.54, 1.807) is 0 Å².